The molecule has 0 radical (unpaired) electrons. The van der Waals surface area contributed by atoms with Gasteiger partial charge in [-0.1, -0.05) is 104 Å². The van der Waals surface area contributed by atoms with Crippen LogP contribution in [0.1, 0.15) is 59.0 Å². The van der Waals surface area contributed by atoms with Crippen molar-refractivity contribution in [1.82, 2.24) is 10.3 Å². The number of carbonyl (C=O) groups is 3. The van der Waals surface area contributed by atoms with Gasteiger partial charge in [0.25, 0.3) is 11.8 Å². The molecule has 5 aromatic carbocycles. The van der Waals surface area contributed by atoms with Crippen molar-refractivity contribution in [3.63, 3.8) is 0 Å². The van der Waals surface area contributed by atoms with E-state index in [-0.39, 0.29) is 11.6 Å². The summed E-state index contributed by atoms with van der Waals surface area (Å²) in [5.74, 6) is -0.00217. The van der Waals surface area contributed by atoms with Gasteiger partial charge in [0.1, 0.15) is 16.7 Å². The number of nitrogens with one attached hydrogen (secondary N) is 3. The van der Waals surface area contributed by atoms with Gasteiger partial charge < -0.3 is 20.7 Å². The summed E-state index contributed by atoms with van der Waals surface area (Å²) in [6, 6.07) is 39.1. The molecule has 3 N–H and O–H groups in total. The highest BCUT2D eigenvalue weighted by Crippen LogP contribution is 2.38. The molecule has 0 fully saturated rings. The fourth-order valence-corrected chi connectivity index (χ4v) is 7.34. The van der Waals surface area contributed by atoms with Gasteiger partial charge in [-0.05, 0) is 84.1 Å². The van der Waals surface area contributed by atoms with Crippen LogP contribution in [0.2, 0.25) is 0 Å². The molecule has 0 aliphatic carbocycles. The summed E-state index contributed by atoms with van der Waals surface area (Å²) in [6.07, 6.45) is 1.66. The fourth-order valence-electron chi connectivity index (χ4n) is 5.35. The lowest BCUT2D eigenvalue weighted by molar-refractivity contribution is -0.116. The molecule has 6 aromatic rings. The third-order valence-electron chi connectivity index (χ3n) is 8.03. The molecule has 262 valence electrons. The zero-order valence-corrected chi connectivity index (χ0v) is 30.6. The maximum Gasteiger partial charge on any atom is 0.272 e. The molecule has 1 heterocycles. The molecule has 0 aliphatic heterocycles. The lowest BCUT2D eigenvalue weighted by Crippen LogP contribution is -2.30. The van der Waals surface area contributed by atoms with Crippen molar-refractivity contribution in [2.24, 2.45) is 0 Å². The quantitative estimate of drug-likeness (QED) is 0.0808. The summed E-state index contributed by atoms with van der Waals surface area (Å²) >= 11 is 2.74. The lowest BCUT2D eigenvalue weighted by atomic mass is 10.0. The number of thiazole rings is 1. The molecule has 1 atom stereocenters. The Morgan fingerprint density at radius 2 is 1.54 bits per heavy atom. The van der Waals surface area contributed by atoms with Crippen LogP contribution >= 0.6 is 23.1 Å². The highest BCUT2D eigenvalue weighted by atomic mass is 32.2. The molecule has 0 aliphatic rings. The number of aromatic nitrogens is 1. The topological polar surface area (TPSA) is 109 Å². The summed E-state index contributed by atoms with van der Waals surface area (Å²) in [5, 5.41) is 8.64. The molecule has 8 nitrogen and oxygen atoms in total. The first-order valence-corrected chi connectivity index (χ1v) is 18.6. The monoisotopic (exact) mass is 726 g/mol. The van der Waals surface area contributed by atoms with Crippen LogP contribution in [-0.2, 0) is 9.59 Å². The van der Waals surface area contributed by atoms with Crippen LogP contribution in [-0.4, -0.2) is 29.3 Å². The van der Waals surface area contributed by atoms with Gasteiger partial charge in [-0.25, -0.2) is 4.98 Å². The van der Waals surface area contributed by atoms with Crippen LogP contribution < -0.4 is 20.7 Å². The minimum Gasteiger partial charge on any atom is -0.494 e. The molecular formula is C42H38N4O4S2. The first kappa shape index (κ1) is 36.1. The second kappa shape index (κ2) is 17.0. The smallest absolute Gasteiger partial charge is 0.272 e. The highest BCUT2D eigenvalue weighted by molar-refractivity contribution is 8.00. The van der Waals surface area contributed by atoms with E-state index in [1.54, 1.807) is 36.4 Å². The third kappa shape index (κ3) is 9.34. The minimum atomic E-state index is -0.618. The normalized spacial score (nSPS) is 12.0. The van der Waals surface area contributed by atoms with Crippen LogP contribution in [0.4, 0.5) is 10.8 Å². The molecule has 1 aromatic heterocycles. The van der Waals surface area contributed by atoms with Gasteiger partial charge in [-0.15, -0.1) is 11.8 Å². The number of amides is 3. The first-order valence-electron chi connectivity index (χ1n) is 16.9. The SMILES string of the molecule is CCOc1ccc2nc(NC(=O)C(Sc3cccc(NC(=O)/C(=C\c4ccc(C(C)C)cc4)NC(=O)c4ccccc4)c3)c3ccccc3)sc2c1. The van der Waals surface area contributed by atoms with E-state index in [2.05, 4.69) is 34.8 Å². The number of anilines is 2. The van der Waals surface area contributed by atoms with Crippen LogP contribution in [0.3, 0.4) is 0 Å². The van der Waals surface area contributed by atoms with Crippen molar-refractivity contribution in [3.8, 4) is 5.75 Å². The Balaban J connectivity index is 1.22. The number of thioether (sulfide) groups is 1. The number of carbonyl (C=O) groups excluding carboxylic acids is 3. The molecule has 0 saturated heterocycles. The second-order valence-electron chi connectivity index (χ2n) is 12.2. The van der Waals surface area contributed by atoms with Gasteiger partial charge in [-0.2, -0.15) is 0 Å². The third-order valence-corrected chi connectivity index (χ3v) is 10.2. The van der Waals surface area contributed by atoms with E-state index in [1.807, 2.05) is 104 Å². The van der Waals surface area contributed by atoms with Crippen LogP contribution in [0, 0.1) is 0 Å². The van der Waals surface area contributed by atoms with Crippen LogP contribution in [0.15, 0.2) is 138 Å². The van der Waals surface area contributed by atoms with E-state index in [1.165, 1.54) is 28.7 Å². The Labute approximate surface area is 311 Å². The van der Waals surface area contributed by atoms with E-state index in [0.717, 1.165) is 32.0 Å². The molecule has 0 bridgehead atoms. The van der Waals surface area contributed by atoms with Crippen LogP contribution in [0.5, 0.6) is 5.75 Å². The Bertz CT molecular complexity index is 2200. The number of hydrogen-bond donors (Lipinski definition) is 3. The van der Waals surface area contributed by atoms with E-state index < -0.39 is 17.1 Å². The molecule has 1 unspecified atom stereocenters. The van der Waals surface area contributed by atoms with Crippen molar-refractivity contribution >= 4 is 67.9 Å². The molecular weight excluding hydrogens is 689 g/mol. The first-order chi connectivity index (χ1) is 25.2. The van der Waals surface area contributed by atoms with Gasteiger partial charge in [0.2, 0.25) is 5.91 Å². The summed E-state index contributed by atoms with van der Waals surface area (Å²) in [4.78, 5) is 46.2. The Hall–Kier alpha value is -5.71. The van der Waals surface area contributed by atoms with E-state index in [0.29, 0.717) is 28.9 Å². The van der Waals surface area contributed by atoms with Crippen molar-refractivity contribution < 1.29 is 19.1 Å². The minimum absolute atomic E-state index is 0.0926. The van der Waals surface area contributed by atoms with E-state index in [9.17, 15) is 14.4 Å². The summed E-state index contributed by atoms with van der Waals surface area (Å²) in [7, 11) is 0. The zero-order valence-electron chi connectivity index (χ0n) is 29.0. The van der Waals surface area contributed by atoms with E-state index in [4.69, 9.17) is 4.74 Å². The largest absolute Gasteiger partial charge is 0.494 e. The summed E-state index contributed by atoms with van der Waals surface area (Å²) in [6.45, 7) is 6.73. The van der Waals surface area contributed by atoms with Crippen molar-refractivity contribution in [3.05, 3.63) is 155 Å². The Kier molecular flexibility index (Phi) is 11.8. The summed E-state index contributed by atoms with van der Waals surface area (Å²) < 4.78 is 6.54. The maximum absolute atomic E-state index is 13.9. The number of benzene rings is 5. The Morgan fingerprint density at radius 3 is 2.25 bits per heavy atom. The average molecular weight is 727 g/mol. The highest BCUT2D eigenvalue weighted by Gasteiger charge is 2.24. The number of fused-ring (bicyclic) bond motifs is 1. The van der Waals surface area contributed by atoms with Gasteiger partial charge in [0, 0.05) is 16.1 Å². The van der Waals surface area contributed by atoms with Gasteiger partial charge in [-0.3, -0.25) is 14.4 Å². The van der Waals surface area contributed by atoms with Crippen molar-refractivity contribution in [1.29, 1.82) is 0 Å². The lowest BCUT2D eigenvalue weighted by Gasteiger charge is -2.17. The average Bonchev–Trinajstić information content (AvgIpc) is 3.56. The second-order valence-corrected chi connectivity index (χ2v) is 14.4. The predicted molar refractivity (Wildman–Crippen MR) is 212 cm³/mol. The van der Waals surface area contributed by atoms with Crippen molar-refractivity contribution in [2.45, 2.75) is 36.8 Å². The molecule has 6 rings (SSSR count). The predicted octanol–water partition coefficient (Wildman–Crippen LogP) is 9.70. The van der Waals surface area contributed by atoms with Gasteiger partial charge in [0.15, 0.2) is 5.13 Å². The maximum atomic E-state index is 13.9. The molecule has 0 saturated carbocycles. The van der Waals surface area contributed by atoms with E-state index >= 15 is 0 Å². The molecule has 3 amide bonds. The Morgan fingerprint density at radius 1 is 0.808 bits per heavy atom. The molecule has 52 heavy (non-hydrogen) atoms. The van der Waals surface area contributed by atoms with Crippen molar-refractivity contribution in [2.75, 3.05) is 17.2 Å². The standard InChI is InChI=1S/C42H38N4O4S2/c1-4-50-33-22-23-35-37(26-33)52-42(45-35)46-41(49)38(30-12-7-5-8-13-30)51-34-17-11-16-32(25-34)43-40(48)36(44-39(47)31-14-9-6-10-15-31)24-28-18-20-29(21-19-28)27(2)3/h5-27,38H,4H2,1-3H3,(H,43,48)(H,44,47)(H,45,46,49)/b36-24+. The molecule has 10 heteroatoms. The number of rotatable bonds is 13. The number of ether oxygens (including phenoxy) is 1. The number of nitrogens with zero attached hydrogens (tertiary/aromatic N) is 1. The van der Waals surface area contributed by atoms with Gasteiger partial charge in [0.05, 0.1) is 16.8 Å². The summed E-state index contributed by atoms with van der Waals surface area (Å²) in [5.41, 5.74) is 4.56. The number of hydrogen-bond acceptors (Lipinski definition) is 7. The van der Waals surface area contributed by atoms with Crippen LogP contribution in [0.25, 0.3) is 16.3 Å². The van der Waals surface area contributed by atoms with Gasteiger partial charge >= 0.3 is 0 Å². The zero-order chi connectivity index (χ0) is 36.5. The molecule has 0 spiro atoms. The fraction of sp³-hybridized carbons (Fsp3) is 0.143.